The van der Waals surface area contributed by atoms with Crippen LogP contribution in [0.5, 0.6) is 0 Å². The van der Waals surface area contributed by atoms with Gasteiger partial charge in [0.05, 0.1) is 0 Å². The Bertz CT molecular complexity index is 556. The first kappa shape index (κ1) is 12.5. The van der Waals surface area contributed by atoms with Crippen molar-refractivity contribution in [2.45, 2.75) is 19.8 Å². The molecule has 0 unspecified atom stereocenters. The lowest BCUT2D eigenvalue weighted by molar-refractivity contribution is 0.112. The van der Waals surface area contributed by atoms with Crippen molar-refractivity contribution in [1.29, 1.82) is 0 Å². The number of hydrogen-bond acceptors (Lipinski definition) is 1. The number of aldehydes is 1. The van der Waals surface area contributed by atoms with E-state index < -0.39 is 0 Å². The Morgan fingerprint density at radius 3 is 2.28 bits per heavy atom. The van der Waals surface area contributed by atoms with Gasteiger partial charge in [-0.25, -0.2) is 4.39 Å². The SMILES string of the molecule is CC(C)c1ccc(-c2ccc(F)cc2C=O)cc1. The van der Waals surface area contributed by atoms with Gasteiger partial charge in [-0.05, 0) is 34.7 Å². The van der Waals surface area contributed by atoms with E-state index in [1.54, 1.807) is 6.07 Å². The number of carbonyl (C=O) groups is 1. The van der Waals surface area contributed by atoms with Crippen LogP contribution in [0.15, 0.2) is 42.5 Å². The normalized spacial score (nSPS) is 10.7. The monoisotopic (exact) mass is 242 g/mol. The van der Waals surface area contributed by atoms with Crippen LogP contribution in [0.2, 0.25) is 0 Å². The molecule has 0 radical (unpaired) electrons. The van der Waals surface area contributed by atoms with Crippen molar-refractivity contribution in [2.75, 3.05) is 0 Å². The van der Waals surface area contributed by atoms with Crippen LogP contribution in [0.1, 0.15) is 35.7 Å². The van der Waals surface area contributed by atoms with Crippen molar-refractivity contribution in [2.24, 2.45) is 0 Å². The second kappa shape index (κ2) is 5.13. The summed E-state index contributed by atoms with van der Waals surface area (Å²) in [6, 6.07) is 12.3. The molecule has 1 nitrogen and oxygen atoms in total. The summed E-state index contributed by atoms with van der Waals surface area (Å²) in [6.45, 7) is 4.26. The van der Waals surface area contributed by atoms with Crippen LogP contribution in [0.3, 0.4) is 0 Å². The van der Waals surface area contributed by atoms with Gasteiger partial charge in [0.15, 0.2) is 6.29 Å². The Balaban J connectivity index is 2.45. The van der Waals surface area contributed by atoms with Gasteiger partial charge in [-0.2, -0.15) is 0 Å². The van der Waals surface area contributed by atoms with E-state index in [0.29, 0.717) is 17.8 Å². The van der Waals surface area contributed by atoms with Crippen molar-refractivity contribution < 1.29 is 9.18 Å². The number of hydrogen-bond donors (Lipinski definition) is 0. The maximum absolute atomic E-state index is 13.1. The maximum Gasteiger partial charge on any atom is 0.150 e. The molecule has 0 amide bonds. The second-order valence-electron chi connectivity index (χ2n) is 4.63. The molecular formula is C16H15FO. The van der Waals surface area contributed by atoms with Crippen molar-refractivity contribution >= 4 is 6.29 Å². The molecule has 0 N–H and O–H groups in total. The third-order valence-corrected chi connectivity index (χ3v) is 3.03. The largest absolute Gasteiger partial charge is 0.298 e. The van der Waals surface area contributed by atoms with Crippen molar-refractivity contribution in [3.05, 3.63) is 59.4 Å². The molecule has 0 spiro atoms. The molecular weight excluding hydrogens is 227 g/mol. The van der Waals surface area contributed by atoms with Crippen molar-refractivity contribution in [3.8, 4) is 11.1 Å². The Morgan fingerprint density at radius 1 is 1.06 bits per heavy atom. The number of benzene rings is 2. The molecule has 0 aliphatic heterocycles. The van der Waals surface area contributed by atoms with E-state index in [1.807, 2.05) is 24.3 Å². The van der Waals surface area contributed by atoms with Crippen molar-refractivity contribution in [1.82, 2.24) is 0 Å². The molecule has 2 aromatic rings. The van der Waals surface area contributed by atoms with Crippen LogP contribution in [-0.4, -0.2) is 6.29 Å². The summed E-state index contributed by atoms with van der Waals surface area (Å²) in [6.07, 6.45) is 0.689. The van der Waals surface area contributed by atoms with E-state index >= 15 is 0 Å². The molecule has 0 saturated carbocycles. The highest BCUT2D eigenvalue weighted by molar-refractivity contribution is 5.87. The van der Waals surface area contributed by atoms with E-state index in [9.17, 15) is 9.18 Å². The van der Waals surface area contributed by atoms with Gasteiger partial charge in [0.2, 0.25) is 0 Å². The lowest BCUT2D eigenvalue weighted by Gasteiger charge is -2.08. The van der Waals surface area contributed by atoms with Crippen LogP contribution in [0.25, 0.3) is 11.1 Å². The van der Waals surface area contributed by atoms with E-state index in [4.69, 9.17) is 0 Å². The highest BCUT2D eigenvalue weighted by Gasteiger charge is 2.06. The molecule has 0 aromatic heterocycles. The standard InChI is InChI=1S/C16H15FO/c1-11(2)12-3-5-13(6-4-12)16-8-7-15(17)9-14(16)10-18/h3-11H,1-2H3. The van der Waals surface area contributed by atoms with E-state index in [0.717, 1.165) is 11.1 Å². The first-order chi connectivity index (χ1) is 8.61. The fourth-order valence-corrected chi connectivity index (χ4v) is 1.94. The van der Waals surface area contributed by atoms with Gasteiger partial charge in [0.25, 0.3) is 0 Å². The number of rotatable bonds is 3. The fraction of sp³-hybridized carbons (Fsp3) is 0.188. The summed E-state index contributed by atoms with van der Waals surface area (Å²) in [5, 5.41) is 0. The van der Waals surface area contributed by atoms with E-state index in [-0.39, 0.29) is 5.82 Å². The Hall–Kier alpha value is -1.96. The predicted molar refractivity (Wildman–Crippen MR) is 71.3 cm³/mol. The Kier molecular flexibility index (Phi) is 3.56. The molecule has 18 heavy (non-hydrogen) atoms. The minimum atomic E-state index is -0.389. The fourth-order valence-electron chi connectivity index (χ4n) is 1.94. The smallest absolute Gasteiger partial charge is 0.150 e. The zero-order chi connectivity index (χ0) is 13.1. The molecule has 0 atom stereocenters. The van der Waals surface area contributed by atoms with Gasteiger partial charge in [0, 0.05) is 5.56 Å². The summed E-state index contributed by atoms with van der Waals surface area (Å²) in [4.78, 5) is 11.0. The van der Waals surface area contributed by atoms with Crippen LogP contribution in [0, 0.1) is 5.82 Å². The molecule has 0 fully saturated rings. The van der Waals surface area contributed by atoms with Crippen LogP contribution in [-0.2, 0) is 0 Å². The van der Waals surface area contributed by atoms with Gasteiger partial charge in [0.1, 0.15) is 5.82 Å². The zero-order valence-corrected chi connectivity index (χ0v) is 10.5. The molecule has 0 aliphatic carbocycles. The van der Waals surface area contributed by atoms with Gasteiger partial charge in [-0.15, -0.1) is 0 Å². The van der Waals surface area contributed by atoms with E-state index in [2.05, 4.69) is 13.8 Å². The average molecular weight is 242 g/mol. The highest BCUT2D eigenvalue weighted by Crippen LogP contribution is 2.25. The topological polar surface area (TPSA) is 17.1 Å². The van der Waals surface area contributed by atoms with Crippen LogP contribution >= 0.6 is 0 Å². The zero-order valence-electron chi connectivity index (χ0n) is 10.5. The van der Waals surface area contributed by atoms with Crippen molar-refractivity contribution in [3.63, 3.8) is 0 Å². The third-order valence-electron chi connectivity index (χ3n) is 3.03. The lowest BCUT2D eigenvalue weighted by Crippen LogP contribution is -1.91. The Morgan fingerprint density at radius 2 is 1.72 bits per heavy atom. The number of halogens is 1. The molecule has 2 heteroatoms. The van der Waals surface area contributed by atoms with E-state index in [1.165, 1.54) is 17.7 Å². The molecule has 2 rings (SSSR count). The quantitative estimate of drug-likeness (QED) is 0.728. The average Bonchev–Trinajstić information content (AvgIpc) is 2.38. The van der Waals surface area contributed by atoms with Gasteiger partial charge in [-0.1, -0.05) is 44.2 Å². The predicted octanol–water partition coefficient (Wildman–Crippen LogP) is 4.43. The molecule has 0 bridgehead atoms. The maximum atomic E-state index is 13.1. The lowest BCUT2D eigenvalue weighted by atomic mass is 9.96. The van der Waals surface area contributed by atoms with Crippen LogP contribution in [0.4, 0.5) is 4.39 Å². The summed E-state index contributed by atoms with van der Waals surface area (Å²) in [7, 11) is 0. The Labute approximate surface area is 106 Å². The van der Waals surface area contributed by atoms with Gasteiger partial charge >= 0.3 is 0 Å². The first-order valence-corrected chi connectivity index (χ1v) is 5.97. The molecule has 92 valence electrons. The molecule has 0 saturated heterocycles. The molecule has 0 aliphatic rings. The minimum absolute atomic E-state index is 0.382. The second-order valence-corrected chi connectivity index (χ2v) is 4.63. The first-order valence-electron chi connectivity index (χ1n) is 5.97. The highest BCUT2D eigenvalue weighted by atomic mass is 19.1. The summed E-state index contributed by atoms with van der Waals surface area (Å²) < 4.78 is 13.1. The summed E-state index contributed by atoms with van der Waals surface area (Å²) in [5.41, 5.74) is 3.32. The summed E-state index contributed by atoms with van der Waals surface area (Å²) >= 11 is 0. The van der Waals surface area contributed by atoms with Crippen LogP contribution < -0.4 is 0 Å². The third kappa shape index (κ3) is 2.48. The van der Waals surface area contributed by atoms with Gasteiger partial charge in [-0.3, -0.25) is 4.79 Å². The number of carbonyl (C=O) groups excluding carboxylic acids is 1. The minimum Gasteiger partial charge on any atom is -0.298 e. The molecule has 2 aromatic carbocycles. The molecule has 0 heterocycles. The van der Waals surface area contributed by atoms with Gasteiger partial charge < -0.3 is 0 Å². The summed E-state index contributed by atoms with van der Waals surface area (Å²) in [5.74, 6) is 0.0810.